The fourth-order valence-electron chi connectivity index (χ4n) is 1.58. The minimum absolute atomic E-state index is 0.0737. The maximum Gasteiger partial charge on any atom is 0.155 e. The summed E-state index contributed by atoms with van der Waals surface area (Å²) in [6.45, 7) is 0. The Morgan fingerprint density at radius 2 is 2.06 bits per heavy atom. The maximum absolute atomic E-state index is 11.2. The normalized spacial score (nSPS) is 28.6. The molecule has 86 valence electrons. The molecule has 1 aromatic heterocycles. The molecule has 0 radical (unpaired) electrons. The molecule has 6 heteroatoms. The lowest BCUT2D eigenvalue weighted by molar-refractivity contribution is 0.184. The van der Waals surface area contributed by atoms with Gasteiger partial charge in [-0.15, -0.1) is 0 Å². The molecule has 16 heavy (non-hydrogen) atoms. The average molecular weight is 240 g/mol. The number of nitrogens with zero attached hydrogens (tertiary/aromatic N) is 2. The van der Waals surface area contributed by atoms with Crippen LogP contribution in [0.5, 0.6) is 0 Å². The first kappa shape index (κ1) is 11.2. The Balaban J connectivity index is 2.09. The summed E-state index contributed by atoms with van der Waals surface area (Å²) in [6.07, 6.45) is 3.94. The van der Waals surface area contributed by atoms with E-state index in [1.807, 2.05) is 0 Å². The van der Waals surface area contributed by atoms with E-state index in [0.717, 1.165) is 5.56 Å². The van der Waals surface area contributed by atoms with Crippen LogP contribution in [0.2, 0.25) is 0 Å². The van der Waals surface area contributed by atoms with Gasteiger partial charge < -0.3 is 5.11 Å². The third-order valence-electron chi connectivity index (χ3n) is 2.41. The highest BCUT2D eigenvalue weighted by atomic mass is 32.2. The molecule has 0 spiro atoms. The average Bonchev–Trinajstić information content (AvgIpc) is 2.50. The summed E-state index contributed by atoms with van der Waals surface area (Å²) >= 11 is 0. The molecule has 0 amide bonds. The molecule has 1 saturated heterocycles. The van der Waals surface area contributed by atoms with Gasteiger partial charge in [0.15, 0.2) is 9.84 Å². The van der Waals surface area contributed by atoms with Gasteiger partial charge in [0.05, 0.1) is 23.7 Å². The fourth-order valence-corrected chi connectivity index (χ4v) is 3.29. The Morgan fingerprint density at radius 1 is 1.38 bits per heavy atom. The molecule has 0 saturated carbocycles. The smallest absolute Gasteiger partial charge is 0.155 e. The third-order valence-corrected chi connectivity index (χ3v) is 4.11. The number of rotatable bonds is 2. The quantitative estimate of drug-likeness (QED) is 0.717. The molecule has 0 bridgehead atoms. The summed E-state index contributed by atoms with van der Waals surface area (Å²) < 4.78 is 22.4. The lowest BCUT2D eigenvalue weighted by Gasteiger charge is -2.05. The van der Waals surface area contributed by atoms with E-state index >= 15 is 0 Å². The standard InChI is InChI=1S/C10H12N2O3S/c13-10-7-16(14,15)6-9(10)12-5-8-1-3-11-4-2-8/h1-5,9-10,13H,6-7H2/t9-,10+/m1/s1. The molecule has 1 aromatic rings. The Morgan fingerprint density at radius 3 is 2.62 bits per heavy atom. The van der Waals surface area contributed by atoms with Crippen LogP contribution in [0.3, 0.4) is 0 Å². The molecule has 2 rings (SSSR count). The van der Waals surface area contributed by atoms with Gasteiger partial charge in [-0.1, -0.05) is 0 Å². The van der Waals surface area contributed by atoms with Gasteiger partial charge in [-0.25, -0.2) is 8.42 Å². The van der Waals surface area contributed by atoms with Gasteiger partial charge in [-0.05, 0) is 17.7 Å². The van der Waals surface area contributed by atoms with Crippen LogP contribution < -0.4 is 0 Å². The molecule has 1 aliphatic heterocycles. The first-order chi connectivity index (χ1) is 7.57. The zero-order valence-electron chi connectivity index (χ0n) is 8.52. The van der Waals surface area contributed by atoms with Gasteiger partial charge in [-0.3, -0.25) is 9.98 Å². The van der Waals surface area contributed by atoms with E-state index in [0.29, 0.717) is 0 Å². The van der Waals surface area contributed by atoms with Crippen LogP contribution in [0.25, 0.3) is 0 Å². The van der Waals surface area contributed by atoms with E-state index in [4.69, 9.17) is 0 Å². The topological polar surface area (TPSA) is 79.6 Å². The zero-order chi connectivity index (χ0) is 11.6. The number of sulfone groups is 1. The predicted molar refractivity (Wildman–Crippen MR) is 60.3 cm³/mol. The molecular formula is C10H12N2O3S. The number of hydrogen-bond acceptors (Lipinski definition) is 5. The summed E-state index contributed by atoms with van der Waals surface area (Å²) in [5.41, 5.74) is 0.839. The summed E-state index contributed by atoms with van der Waals surface area (Å²) in [7, 11) is -3.13. The highest BCUT2D eigenvalue weighted by Crippen LogP contribution is 2.15. The predicted octanol–water partition coefficient (Wildman–Crippen LogP) is -0.342. The van der Waals surface area contributed by atoms with E-state index in [1.54, 1.807) is 30.7 Å². The highest BCUT2D eigenvalue weighted by molar-refractivity contribution is 7.91. The molecule has 0 unspecified atom stereocenters. The zero-order valence-corrected chi connectivity index (χ0v) is 9.34. The first-order valence-electron chi connectivity index (χ1n) is 4.88. The Hall–Kier alpha value is -1.27. The number of aromatic nitrogens is 1. The van der Waals surface area contributed by atoms with Gasteiger partial charge in [0, 0.05) is 18.6 Å². The van der Waals surface area contributed by atoms with Crippen molar-refractivity contribution < 1.29 is 13.5 Å². The van der Waals surface area contributed by atoms with Crippen molar-refractivity contribution in [3.05, 3.63) is 30.1 Å². The molecule has 1 N–H and O–H groups in total. The van der Waals surface area contributed by atoms with E-state index in [1.165, 1.54) is 0 Å². The van der Waals surface area contributed by atoms with Gasteiger partial charge >= 0.3 is 0 Å². The van der Waals surface area contributed by atoms with Crippen molar-refractivity contribution in [2.75, 3.05) is 11.5 Å². The van der Waals surface area contributed by atoms with Gasteiger partial charge in [0.25, 0.3) is 0 Å². The minimum Gasteiger partial charge on any atom is -0.390 e. The molecule has 5 nitrogen and oxygen atoms in total. The molecule has 2 atom stereocenters. The second-order valence-corrected chi connectivity index (χ2v) is 5.92. The van der Waals surface area contributed by atoms with Crippen molar-refractivity contribution in [1.29, 1.82) is 0 Å². The van der Waals surface area contributed by atoms with Crippen LogP contribution in [0.15, 0.2) is 29.5 Å². The van der Waals surface area contributed by atoms with Crippen LogP contribution in [0.4, 0.5) is 0 Å². The number of aliphatic hydroxyl groups excluding tert-OH is 1. The van der Waals surface area contributed by atoms with E-state index < -0.39 is 22.0 Å². The Labute approximate surface area is 93.8 Å². The van der Waals surface area contributed by atoms with Gasteiger partial charge in [0.2, 0.25) is 0 Å². The van der Waals surface area contributed by atoms with Crippen molar-refractivity contribution in [3.63, 3.8) is 0 Å². The van der Waals surface area contributed by atoms with E-state index in [2.05, 4.69) is 9.98 Å². The largest absolute Gasteiger partial charge is 0.390 e. The van der Waals surface area contributed by atoms with Crippen molar-refractivity contribution >= 4 is 16.1 Å². The van der Waals surface area contributed by atoms with Crippen LogP contribution in [-0.4, -0.2) is 48.4 Å². The molecule has 2 heterocycles. The molecule has 0 aromatic carbocycles. The third kappa shape index (κ3) is 2.65. The fraction of sp³-hybridized carbons (Fsp3) is 0.400. The summed E-state index contributed by atoms with van der Waals surface area (Å²) in [5, 5.41) is 9.50. The van der Waals surface area contributed by atoms with Crippen molar-refractivity contribution in [2.24, 2.45) is 4.99 Å². The number of pyridine rings is 1. The summed E-state index contributed by atoms with van der Waals surface area (Å²) in [6, 6.07) is 2.98. The van der Waals surface area contributed by atoms with E-state index in [9.17, 15) is 13.5 Å². The van der Waals surface area contributed by atoms with Crippen molar-refractivity contribution in [1.82, 2.24) is 4.98 Å². The van der Waals surface area contributed by atoms with E-state index in [-0.39, 0.29) is 11.5 Å². The van der Waals surface area contributed by atoms with Crippen LogP contribution in [0, 0.1) is 0 Å². The lowest BCUT2D eigenvalue weighted by atomic mass is 10.2. The summed E-state index contributed by atoms with van der Waals surface area (Å²) in [5.74, 6) is -0.263. The number of hydrogen-bond donors (Lipinski definition) is 1. The lowest BCUT2D eigenvalue weighted by Crippen LogP contribution is -2.21. The highest BCUT2D eigenvalue weighted by Gasteiger charge is 2.35. The van der Waals surface area contributed by atoms with Crippen molar-refractivity contribution in [3.8, 4) is 0 Å². The second-order valence-electron chi connectivity index (χ2n) is 3.77. The Bertz CT molecular complexity index is 484. The SMILES string of the molecule is O=S1(=O)C[C@H](O)[C@H](N=Cc2ccncc2)C1. The molecule has 1 aliphatic rings. The van der Waals surface area contributed by atoms with Crippen LogP contribution in [0.1, 0.15) is 5.56 Å². The van der Waals surface area contributed by atoms with Crippen LogP contribution >= 0.6 is 0 Å². The van der Waals surface area contributed by atoms with Gasteiger partial charge in [0.1, 0.15) is 0 Å². The molecule has 0 aliphatic carbocycles. The van der Waals surface area contributed by atoms with Gasteiger partial charge in [-0.2, -0.15) is 0 Å². The van der Waals surface area contributed by atoms with Crippen molar-refractivity contribution in [2.45, 2.75) is 12.1 Å². The number of aliphatic imine (C=N–C) groups is 1. The first-order valence-corrected chi connectivity index (χ1v) is 6.71. The number of aliphatic hydroxyl groups is 1. The molecule has 1 fully saturated rings. The monoisotopic (exact) mass is 240 g/mol. The maximum atomic E-state index is 11.2. The second kappa shape index (κ2) is 4.31. The Kier molecular flexibility index (Phi) is 3.02. The van der Waals surface area contributed by atoms with Crippen LogP contribution in [-0.2, 0) is 9.84 Å². The summed E-state index contributed by atoms with van der Waals surface area (Å²) in [4.78, 5) is 7.94. The minimum atomic E-state index is -3.13. The molecular weight excluding hydrogens is 228 g/mol.